The molecule has 3 rings (SSSR count). The summed E-state index contributed by atoms with van der Waals surface area (Å²) in [7, 11) is 0. The maximum Gasteiger partial charge on any atom is 0.272 e. The van der Waals surface area contributed by atoms with Crippen molar-refractivity contribution in [3.63, 3.8) is 0 Å². The number of nitrogens with zero attached hydrogens (tertiary/aromatic N) is 4. The lowest BCUT2D eigenvalue weighted by molar-refractivity contribution is 0.0177. The summed E-state index contributed by atoms with van der Waals surface area (Å²) in [6.45, 7) is 0.796. The maximum absolute atomic E-state index is 13.7. The van der Waals surface area contributed by atoms with Gasteiger partial charge in [0, 0.05) is 42.0 Å². The number of hydrogen-bond donors (Lipinski definition) is 0. The number of pyridine rings is 2. The second kappa shape index (κ2) is 4.96. The molecule has 0 saturated carbocycles. The van der Waals surface area contributed by atoms with Crippen LogP contribution in [0.5, 0.6) is 0 Å². The molecule has 0 spiro atoms. The van der Waals surface area contributed by atoms with Crippen LogP contribution >= 0.6 is 11.6 Å². The molecule has 3 aromatic rings. The molecule has 0 N–H and O–H groups in total. The van der Waals surface area contributed by atoms with Gasteiger partial charge in [0.05, 0.1) is 11.7 Å². The predicted octanol–water partition coefficient (Wildman–Crippen LogP) is 3.85. The zero-order valence-electron chi connectivity index (χ0n) is 10.9. The number of aromatic nitrogens is 4. The van der Waals surface area contributed by atoms with Crippen molar-refractivity contribution in [3.05, 3.63) is 47.6 Å². The minimum atomic E-state index is -3.07. The van der Waals surface area contributed by atoms with E-state index in [0.29, 0.717) is 5.52 Å². The minimum Gasteiger partial charge on any atom is -0.262 e. The number of alkyl halides is 2. The van der Waals surface area contributed by atoms with E-state index < -0.39 is 5.92 Å². The summed E-state index contributed by atoms with van der Waals surface area (Å²) in [5.74, 6) is -2.91. The first kappa shape index (κ1) is 13.8. The fraction of sp³-hybridized carbons (Fsp3) is 0.143. The van der Waals surface area contributed by atoms with Gasteiger partial charge in [-0.25, -0.2) is 23.7 Å². The van der Waals surface area contributed by atoms with Crippen LogP contribution < -0.4 is 0 Å². The number of hydrogen-bond acceptors (Lipinski definition) is 4. The Labute approximate surface area is 123 Å². The molecular weight excluding hydrogens is 298 g/mol. The van der Waals surface area contributed by atoms with Gasteiger partial charge < -0.3 is 0 Å². The van der Waals surface area contributed by atoms with E-state index in [4.69, 9.17) is 11.6 Å². The van der Waals surface area contributed by atoms with E-state index in [1.54, 1.807) is 24.7 Å². The van der Waals surface area contributed by atoms with Crippen molar-refractivity contribution < 1.29 is 8.78 Å². The van der Waals surface area contributed by atoms with Crippen LogP contribution in [-0.4, -0.2) is 19.9 Å². The molecule has 7 heteroatoms. The first-order valence-corrected chi connectivity index (χ1v) is 6.44. The summed E-state index contributed by atoms with van der Waals surface area (Å²) in [6.07, 6.45) is 5.77. The molecule has 0 radical (unpaired) electrons. The topological polar surface area (TPSA) is 51.6 Å². The average Bonchev–Trinajstić information content (AvgIpc) is 2.45. The average molecular weight is 307 g/mol. The number of fused-ring (bicyclic) bond motifs is 1. The van der Waals surface area contributed by atoms with E-state index in [1.807, 2.05) is 0 Å². The van der Waals surface area contributed by atoms with Gasteiger partial charge in [0.25, 0.3) is 5.92 Å². The van der Waals surface area contributed by atoms with Crippen molar-refractivity contribution in [2.24, 2.45) is 0 Å². The lowest BCUT2D eigenvalue weighted by Crippen LogP contribution is -2.10. The van der Waals surface area contributed by atoms with Crippen LogP contribution in [0, 0.1) is 0 Å². The molecule has 0 aliphatic heterocycles. The van der Waals surface area contributed by atoms with Gasteiger partial charge in [-0.1, -0.05) is 11.6 Å². The Morgan fingerprint density at radius 1 is 1.14 bits per heavy atom. The van der Waals surface area contributed by atoms with Gasteiger partial charge in [0.2, 0.25) is 0 Å². The largest absolute Gasteiger partial charge is 0.272 e. The Balaban J connectivity index is 2.24. The normalized spacial score (nSPS) is 11.8. The van der Waals surface area contributed by atoms with Crippen LogP contribution in [-0.2, 0) is 5.92 Å². The Morgan fingerprint density at radius 2 is 1.95 bits per heavy atom. The molecule has 0 fully saturated rings. The van der Waals surface area contributed by atoms with E-state index in [-0.39, 0.29) is 22.1 Å². The fourth-order valence-electron chi connectivity index (χ4n) is 1.97. The minimum absolute atomic E-state index is 0.105. The zero-order valence-corrected chi connectivity index (χ0v) is 11.6. The first-order chi connectivity index (χ1) is 9.95. The summed E-state index contributed by atoms with van der Waals surface area (Å²) in [6, 6.07) is 3.08. The number of rotatable bonds is 2. The van der Waals surface area contributed by atoms with E-state index in [0.717, 1.165) is 18.5 Å². The summed E-state index contributed by atoms with van der Waals surface area (Å²) >= 11 is 5.81. The van der Waals surface area contributed by atoms with Crippen molar-refractivity contribution in [1.29, 1.82) is 0 Å². The second-order valence-electron chi connectivity index (χ2n) is 4.57. The third-order valence-electron chi connectivity index (χ3n) is 2.97. The molecular formula is C14H9ClF2N4. The van der Waals surface area contributed by atoms with Gasteiger partial charge in [-0.3, -0.25) is 4.98 Å². The van der Waals surface area contributed by atoms with Crippen LogP contribution in [0.2, 0.25) is 5.15 Å². The van der Waals surface area contributed by atoms with Gasteiger partial charge in [-0.2, -0.15) is 0 Å². The van der Waals surface area contributed by atoms with Crippen molar-refractivity contribution in [2.75, 3.05) is 0 Å². The van der Waals surface area contributed by atoms with Crippen molar-refractivity contribution in [3.8, 4) is 11.4 Å². The highest BCUT2D eigenvalue weighted by Gasteiger charge is 2.29. The monoisotopic (exact) mass is 306 g/mol. The predicted molar refractivity (Wildman–Crippen MR) is 75.1 cm³/mol. The van der Waals surface area contributed by atoms with Gasteiger partial charge >= 0.3 is 0 Å². The van der Waals surface area contributed by atoms with Crippen LogP contribution in [0.25, 0.3) is 22.3 Å². The maximum atomic E-state index is 13.7. The molecule has 21 heavy (non-hydrogen) atoms. The molecule has 0 bridgehead atoms. The Hall–Kier alpha value is -2.21. The third kappa shape index (κ3) is 2.67. The quantitative estimate of drug-likeness (QED) is 0.675. The molecule has 3 aromatic heterocycles. The smallest absolute Gasteiger partial charge is 0.262 e. The van der Waals surface area contributed by atoms with Crippen LogP contribution in [0.15, 0.2) is 36.9 Å². The highest BCUT2D eigenvalue weighted by Crippen LogP contribution is 2.35. The highest BCUT2D eigenvalue weighted by atomic mass is 35.5. The van der Waals surface area contributed by atoms with Crippen molar-refractivity contribution in [1.82, 2.24) is 19.9 Å². The van der Waals surface area contributed by atoms with Crippen LogP contribution in [0.4, 0.5) is 8.78 Å². The summed E-state index contributed by atoms with van der Waals surface area (Å²) in [5, 5.41) is 0.881. The molecule has 0 amide bonds. The van der Waals surface area contributed by atoms with Crippen molar-refractivity contribution in [2.45, 2.75) is 12.8 Å². The van der Waals surface area contributed by atoms with E-state index in [2.05, 4.69) is 19.9 Å². The molecule has 0 aliphatic rings. The number of halogens is 3. The zero-order chi connectivity index (χ0) is 15.0. The summed E-state index contributed by atoms with van der Waals surface area (Å²) in [4.78, 5) is 16.1. The van der Waals surface area contributed by atoms with Gasteiger partial charge in [-0.05, 0) is 12.1 Å². The van der Waals surface area contributed by atoms with Gasteiger partial charge in [0.15, 0.2) is 5.82 Å². The molecule has 106 valence electrons. The lowest BCUT2D eigenvalue weighted by atomic mass is 10.0. The van der Waals surface area contributed by atoms with Crippen LogP contribution in [0.3, 0.4) is 0 Å². The summed E-state index contributed by atoms with van der Waals surface area (Å²) in [5.41, 5.74) is 0.462. The molecule has 4 nitrogen and oxygen atoms in total. The third-order valence-corrected chi connectivity index (χ3v) is 3.18. The molecule has 0 aromatic carbocycles. The SMILES string of the molecule is CC(F)(F)c1cnc(Cl)cc1-c1ncc2ccncc2n1. The Morgan fingerprint density at radius 3 is 2.71 bits per heavy atom. The Bertz CT molecular complexity index is 817. The van der Waals surface area contributed by atoms with E-state index in [9.17, 15) is 8.78 Å². The molecule has 0 aliphatic carbocycles. The molecule has 3 heterocycles. The Kier molecular flexibility index (Phi) is 3.25. The standard InChI is InChI=1S/C14H9ClF2N4/c1-14(16,17)10-6-19-12(15)4-9(10)13-20-5-8-2-3-18-7-11(8)21-13/h2-7H,1H3. The van der Waals surface area contributed by atoms with Crippen LogP contribution in [0.1, 0.15) is 12.5 Å². The van der Waals surface area contributed by atoms with E-state index >= 15 is 0 Å². The second-order valence-corrected chi connectivity index (χ2v) is 4.96. The van der Waals surface area contributed by atoms with E-state index in [1.165, 1.54) is 6.07 Å². The molecule has 0 atom stereocenters. The van der Waals surface area contributed by atoms with Crippen molar-refractivity contribution >= 4 is 22.5 Å². The first-order valence-electron chi connectivity index (χ1n) is 6.06. The molecule has 0 unspecified atom stereocenters. The lowest BCUT2D eigenvalue weighted by Gasteiger charge is -2.14. The molecule has 0 saturated heterocycles. The van der Waals surface area contributed by atoms with Gasteiger partial charge in [0.1, 0.15) is 5.15 Å². The highest BCUT2D eigenvalue weighted by molar-refractivity contribution is 6.29. The summed E-state index contributed by atoms with van der Waals surface area (Å²) < 4.78 is 27.4. The fourth-order valence-corrected chi connectivity index (χ4v) is 2.13. The van der Waals surface area contributed by atoms with Gasteiger partial charge in [-0.15, -0.1) is 0 Å².